The molecule has 0 radical (unpaired) electrons. The molecule has 0 aliphatic carbocycles. The zero-order chi connectivity index (χ0) is 42.8. The van der Waals surface area contributed by atoms with Crippen molar-refractivity contribution in [3.05, 3.63) is 224 Å². The second-order valence-corrected chi connectivity index (χ2v) is 17.8. The van der Waals surface area contributed by atoms with Crippen molar-refractivity contribution in [3.63, 3.8) is 0 Å². The minimum atomic E-state index is 0.638. The van der Waals surface area contributed by atoms with E-state index < -0.39 is 0 Å². The van der Waals surface area contributed by atoms with Crippen molar-refractivity contribution in [2.24, 2.45) is 0 Å². The van der Waals surface area contributed by atoms with Gasteiger partial charge in [-0.25, -0.2) is 15.0 Å². The van der Waals surface area contributed by atoms with E-state index in [9.17, 15) is 0 Å². The third-order valence-electron chi connectivity index (χ3n) is 12.9. The minimum absolute atomic E-state index is 0.638. The lowest BCUT2D eigenvalue weighted by Crippen LogP contribution is -2.01. The van der Waals surface area contributed by atoms with Gasteiger partial charge in [0.1, 0.15) is 0 Å². The highest BCUT2D eigenvalue weighted by molar-refractivity contribution is 7.26. The van der Waals surface area contributed by atoms with Crippen LogP contribution in [0.3, 0.4) is 0 Å². The van der Waals surface area contributed by atoms with Crippen molar-refractivity contribution in [1.29, 1.82) is 0 Å². The highest BCUT2D eigenvalue weighted by Gasteiger charge is 2.20. The maximum Gasteiger partial charge on any atom is 0.165 e. The third kappa shape index (κ3) is 6.46. The molecule has 0 N–H and O–H groups in total. The molecule has 0 atom stereocenters. The maximum absolute atomic E-state index is 5.43. The van der Waals surface area contributed by atoms with Crippen LogP contribution in [0, 0.1) is 0 Å². The van der Waals surface area contributed by atoms with Crippen molar-refractivity contribution in [2.45, 2.75) is 0 Å². The second-order valence-electron chi connectivity index (χ2n) is 16.7. The van der Waals surface area contributed by atoms with Crippen molar-refractivity contribution in [2.75, 3.05) is 0 Å². The Labute approximate surface area is 379 Å². The topological polar surface area (TPSA) is 38.7 Å². The van der Waals surface area contributed by atoms with Gasteiger partial charge in [0.2, 0.25) is 0 Å². The summed E-state index contributed by atoms with van der Waals surface area (Å²) in [5, 5.41) is 11.8. The molecule has 65 heavy (non-hydrogen) atoms. The Morgan fingerprint density at radius 1 is 0.246 bits per heavy atom. The Hall–Kier alpha value is -8.31. The van der Waals surface area contributed by atoms with Crippen LogP contribution in [-0.4, -0.2) is 15.0 Å². The van der Waals surface area contributed by atoms with Gasteiger partial charge in [-0.1, -0.05) is 182 Å². The number of nitrogens with zero attached hydrogens (tertiary/aromatic N) is 3. The zero-order valence-electron chi connectivity index (χ0n) is 35.1. The Kier molecular flexibility index (Phi) is 8.71. The van der Waals surface area contributed by atoms with Gasteiger partial charge in [-0.15, -0.1) is 11.3 Å². The summed E-state index contributed by atoms with van der Waals surface area (Å²) in [5.41, 5.74) is 9.98. The number of thiophene rings is 1. The molecule has 0 aliphatic rings. The van der Waals surface area contributed by atoms with Gasteiger partial charge in [-0.05, 0) is 119 Å². The van der Waals surface area contributed by atoms with Crippen molar-refractivity contribution in [1.82, 2.24) is 15.0 Å². The lowest BCUT2D eigenvalue weighted by Gasteiger charge is -2.14. The third-order valence-corrected chi connectivity index (χ3v) is 14.1. The summed E-state index contributed by atoms with van der Waals surface area (Å²) in [4.78, 5) is 16.2. The van der Waals surface area contributed by atoms with Crippen LogP contribution in [0.1, 0.15) is 0 Å². The van der Waals surface area contributed by atoms with E-state index in [1.54, 1.807) is 11.3 Å². The predicted molar refractivity (Wildman–Crippen MR) is 275 cm³/mol. The molecule has 0 fully saturated rings. The van der Waals surface area contributed by atoms with Crippen LogP contribution >= 0.6 is 11.3 Å². The Morgan fingerprint density at radius 3 is 1.52 bits per heavy atom. The summed E-state index contributed by atoms with van der Waals surface area (Å²) in [6.07, 6.45) is 0. The molecule has 0 saturated carbocycles. The molecular formula is C61H37N3S. The summed E-state index contributed by atoms with van der Waals surface area (Å²) in [6, 6.07) is 80.7. The summed E-state index contributed by atoms with van der Waals surface area (Å²) < 4.78 is 2.41. The Bertz CT molecular complexity index is 4020. The molecule has 2 heterocycles. The van der Waals surface area contributed by atoms with E-state index in [2.05, 4.69) is 224 Å². The summed E-state index contributed by atoms with van der Waals surface area (Å²) in [5.74, 6) is 1.93. The first-order chi connectivity index (χ1) is 32.2. The fourth-order valence-electron chi connectivity index (χ4n) is 9.65. The number of rotatable bonds is 6. The quantitative estimate of drug-likeness (QED) is 0.167. The van der Waals surface area contributed by atoms with Gasteiger partial charge in [0.25, 0.3) is 0 Å². The van der Waals surface area contributed by atoms with E-state index in [1.165, 1.54) is 64.0 Å². The molecule has 3 nitrogen and oxygen atoms in total. The van der Waals surface area contributed by atoms with Crippen LogP contribution in [0.5, 0.6) is 0 Å². The van der Waals surface area contributed by atoms with Crippen LogP contribution in [0.4, 0.5) is 0 Å². The smallest absolute Gasteiger partial charge is 0.165 e. The predicted octanol–water partition coefficient (Wildman–Crippen LogP) is 16.9. The van der Waals surface area contributed by atoms with Crippen molar-refractivity contribution < 1.29 is 0 Å². The zero-order valence-corrected chi connectivity index (χ0v) is 35.9. The first kappa shape index (κ1) is 37.3. The van der Waals surface area contributed by atoms with Gasteiger partial charge >= 0.3 is 0 Å². The Balaban J connectivity index is 1.00. The molecule has 302 valence electrons. The molecule has 13 aromatic rings. The number of hydrogen-bond donors (Lipinski definition) is 0. The van der Waals surface area contributed by atoms with E-state index in [1.807, 2.05) is 0 Å². The summed E-state index contributed by atoms with van der Waals surface area (Å²) >= 11 is 1.79. The highest BCUT2D eigenvalue weighted by Crippen LogP contribution is 2.42. The average Bonchev–Trinajstić information content (AvgIpc) is 3.77. The molecule has 0 bridgehead atoms. The second kappa shape index (κ2) is 15.2. The van der Waals surface area contributed by atoms with Crippen LogP contribution in [-0.2, 0) is 0 Å². The standard InChI is InChI=1S/C61H37N3S/c1-2-12-38(13-3-1)43-28-24-40-25-29-44(36-47(40)35-43)45-30-27-41-16-10-21-53(56(41)37-45)59-62-60(64-61(63-59)55-22-11-20-52-51-19-8-9-23-57(51)65-58(52)55)54-33-32-48(49-17-6-7-18-50(49)54)46-31-26-39-14-4-5-15-42(39)34-46/h1-37H. The lowest BCUT2D eigenvalue weighted by atomic mass is 9.93. The minimum Gasteiger partial charge on any atom is -0.208 e. The van der Waals surface area contributed by atoms with Gasteiger partial charge in [-0.2, -0.15) is 0 Å². The summed E-state index contributed by atoms with van der Waals surface area (Å²) in [7, 11) is 0. The number of fused-ring (bicyclic) bond motifs is 7. The lowest BCUT2D eigenvalue weighted by molar-refractivity contribution is 1.08. The summed E-state index contributed by atoms with van der Waals surface area (Å²) in [6.45, 7) is 0. The van der Waals surface area contributed by atoms with Gasteiger partial charge in [-0.3, -0.25) is 0 Å². The van der Waals surface area contributed by atoms with Crippen LogP contribution in [0.2, 0.25) is 0 Å². The van der Waals surface area contributed by atoms with Crippen LogP contribution in [0.25, 0.3) is 131 Å². The molecule has 0 amide bonds. The normalized spacial score (nSPS) is 11.7. The van der Waals surface area contributed by atoms with Crippen molar-refractivity contribution in [3.8, 4) is 67.5 Å². The first-order valence-corrected chi connectivity index (χ1v) is 22.8. The Morgan fingerprint density at radius 2 is 0.738 bits per heavy atom. The maximum atomic E-state index is 5.43. The molecule has 0 saturated heterocycles. The molecule has 4 heteroatoms. The van der Waals surface area contributed by atoms with Gasteiger partial charge in [0, 0.05) is 36.9 Å². The SMILES string of the molecule is c1ccc(-c2ccc3ccc(-c4ccc5cccc(-c6nc(-c7ccc(-c8ccc9ccccc9c8)c8ccccc78)nc(-c7cccc8c7sc7ccccc78)n6)c5c4)cc3c2)cc1. The van der Waals surface area contributed by atoms with E-state index in [0.29, 0.717) is 17.5 Å². The fourth-order valence-corrected chi connectivity index (χ4v) is 10.9. The number of hydrogen-bond acceptors (Lipinski definition) is 4. The molecular weight excluding hydrogens is 807 g/mol. The van der Waals surface area contributed by atoms with E-state index in [0.717, 1.165) is 49.4 Å². The van der Waals surface area contributed by atoms with E-state index >= 15 is 0 Å². The van der Waals surface area contributed by atoms with E-state index in [4.69, 9.17) is 15.0 Å². The number of benzene rings is 11. The molecule has 13 rings (SSSR count). The molecule has 0 spiro atoms. The molecule has 2 aromatic heterocycles. The monoisotopic (exact) mass is 843 g/mol. The van der Waals surface area contributed by atoms with Crippen LogP contribution < -0.4 is 0 Å². The number of aromatic nitrogens is 3. The molecule has 11 aromatic carbocycles. The largest absolute Gasteiger partial charge is 0.208 e. The first-order valence-electron chi connectivity index (χ1n) is 22.0. The van der Waals surface area contributed by atoms with Crippen LogP contribution in [0.15, 0.2) is 224 Å². The fraction of sp³-hybridized carbons (Fsp3) is 0. The average molecular weight is 844 g/mol. The highest BCUT2D eigenvalue weighted by atomic mass is 32.1. The van der Waals surface area contributed by atoms with Crippen molar-refractivity contribution >= 4 is 74.6 Å². The molecule has 0 unspecified atom stereocenters. The van der Waals surface area contributed by atoms with Gasteiger partial charge < -0.3 is 0 Å². The van der Waals surface area contributed by atoms with Gasteiger partial charge in [0.15, 0.2) is 17.5 Å². The van der Waals surface area contributed by atoms with E-state index in [-0.39, 0.29) is 0 Å². The molecule has 0 aliphatic heterocycles. The van der Waals surface area contributed by atoms with Gasteiger partial charge in [0.05, 0.1) is 0 Å².